The number of nitrogens with one attached hydrogen (secondary N) is 1. The molecule has 0 saturated heterocycles. The van der Waals surface area contributed by atoms with Crippen LogP contribution in [0.5, 0.6) is 0 Å². The van der Waals surface area contributed by atoms with Gasteiger partial charge in [0.25, 0.3) is 0 Å². The average molecular weight is 462 g/mol. The van der Waals surface area contributed by atoms with E-state index in [1.807, 2.05) is 36.5 Å². The molecular formula is C23H32BrN3O2. The van der Waals surface area contributed by atoms with Crippen LogP contribution < -0.4 is 11.1 Å². The molecule has 1 saturated carbocycles. The second-order valence-electron chi connectivity index (χ2n) is 7.55. The maximum absolute atomic E-state index is 10.2. The van der Waals surface area contributed by atoms with Gasteiger partial charge in [-0.1, -0.05) is 75.8 Å². The predicted octanol–water partition coefficient (Wildman–Crippen LogP) is 6.07. The van der Waals surface area contributed by atoms with E-state index in [1.54, 1.807) is 0 Å². The lowest BCUT2D eigenvalue weighted by Gasteiger charge is -2.22. The molecule has 1 atom stereocenters. The summed E-state index contributed by atoms with van der Waals surface area (Å²) < 4.78 is 5.61. The molecular weight excluding hydrogens is 430 g/mol. The van der Waals surface area contributed by atoms with E-state index < -0.39 is 6.09 Å². The summed E-state index contributed by atoms with van der Waals surface area (Å²) in [4.78, 5) is 14.5. The Kier molecular flexibility index (Phi) is 10.6. The summed E-state index contributed by atoms with van der Waals surface area (Å²) in [5, 5.41) is 3.36. The van der Waals surface area contributed by atoms with E-state index in [0.29, 0.717) is 5.92 Å². The first-order chi connectivity index (χ1) is 14.0. The van der Waals surface area contributed by atoms with Gasteiger partial charge in [0, 0.05) is 17.2 Å². The van der Waals surface area contributed by atoms with E-state index in [9.17, 15) is 4.79 Å². The maximum atomic E-state index is 10.2. The molecule has 2 aliphatic rings. The maximum Gasteiger partial charge on any atom is 0.404 e. The standard InChI is InChI=1S/C9H11BrN2.C8H9NO2.C6H12/c1-6-2-8-9(11-4-6)3-7(10)5-12-8;9-8(10)11-6-7-4-2-1-3-5-7;1-2-4-6-5-3-1/h3,5-6,11H,2,4H2,1H3;1-5H,6H2,(H2,9,10);1-6H2. The summed E-state index contributed by atoms with van der Waals surface area (Å²) >= 11 is 3.40. The third-order valence-corrected chi connectivity index (χ3v) is 5.28. The number of rotatable bonds is 2. The predicted molar refractivity (Wildman–Crippen MR) is 122 cm³/mol. The van der Waals surface area contributed by atoms with Crippen LogP contribution in [0.4, 0.5) is 10.5 Å². The summed E-state index contributed by atoms with van der Waals surface area (Å²) in [6.45, 7) is 3.54. The molecule has 0 bridgehead atoms. The molecule has 3 N–H and O–H groups in total. The van der Waals surface area contributed by atoms with E-state index in [0.717, 1.165) is 23.0 Å². The van der Waals surface area contributed by atoms with Gasteiger partial charge in [0.2, 0.25) is 0 Å². The van der Waals surface area contributed by atoms with E-state index in [-0.39, 0.29) is 6.61 Å². The third kappa shape index (κ3) is 9.79. The van der Waals surface area contributed by atoms with Gasteiger partial charge >= 0.3 is 6.09 Å². The zero-order valence-corrected chi connectivity index (χ0v) is 18.8. The number of aromatic nitrogens is 1. The van der Waals surface area contributed by atoms with Crippen molar-refractivity contribution in [3.63, 3.8) is 0 Å². The van der Waals surface area contributed by atoms with Crippen molar-refractivity contribution in [2.24, 2.45) is 11.7 Å². The van der Waals surface area contributed by atoms with E-state index in [2.05, 4.69) is 44.0 Å². The van der Waals surface area contributed by atoms with Crippen molar-refractivity contribution in [3.05, 3.63) is 58.3 Å². The third-order valence-electron chi connectivity index (χ3n) is 4.84. The number of carbonyl (C=O) groups excluding carboxylic acids is 1. The Balaban J connectivity index is 0.000000164. The van der Waals surface area contributed by atoms with Gasteiger partial charge < -0.3 is 15.8 Å². The molecule has 6 heteroatoms. The number of fused-ring (bicyclic) bond motifs is 1. The fraction of sp³-hybridized carbons (Fsp3) is 0.478. The van der Waals surface area contributed by atoms with Crippen molar-refractivity contribution in [2.75, 3.05) is 11.9 Å². The molecule has 1 aliphatic carbocycles. The molecule has 2 aromatic rings. The number of carbonyl (C=O) groups is 1. The topological polar surface area (TPSA) is 77.2 Å². The lowest BCUT2D eigenvalue weighted by Crippen LogP contribution is -2.21. The first-order valence-electron chi connectivity index (χ1n) is 10.4. The van der Waals surface area contributed by atoms with E-state index in [1.165, 1.54) is 49.9 Å². The second-order valence-corrected chi connectivity index (χ2v) is 8.47. The van der Waals surface area contributed by atoms with Gasteiger partial charge in [-0.2, -0.15) is 0 Å². The fourth-order valence-corrected chi connectivity index (χ4v) is 3.59. The first kappa shape index (κ1) is 23.2. The summed E-state index contributed by atoms with van der Waals surface area (Å²) in [6, 6.07) is 11.5. The fourth-order valence-electron chi connectivity index (χ4n) is 3.26. The lowest BCUT2D eigenvalue weighted by molar-refractivity contribution is 0.150. The second kappa shape index (κ2) is 13.2. The lowest BCUT2D eigenvalue weighted by atomic mass is 10.0. The summed E-state index contributed by atoms with van der Waals surface area (Å²) in [5.74, 6) is 0.700. The molecule has 158 valence electrons. The van der Waals surface area contributed by atoms with Crippen molar-refractivity contribution in [3.8, 4) is 0 Å². The Morgan fingerprint density at radius 3 is 2.38 bits per heavy atom. The number of benzene rings is 1. The minimum absolute atomic E-state index is 0.246. The summed E-state index contributed by atoms with van der Waals surface area (Å²) in [5.41, 5.74) is 8.09. The molecule has 2 heterocycles. The van der Waals surface area contributed by atoms with Crippen LogP contribution in [0, 0.1) is 5.92 Å². The number of pyridine rings is 1. The molecule has 0 spiro atoms. The number of amides is 1. The minimum atomic E-state index is -0.742. The quantitative estimate of drug-likeness (QED) is 0.568. The zero-order chi connectivity index (χ0) is 20.9. The van der Waals surface area contributed by atoms with Crippen LogP contribution >= 0.6 is 15.9 Å². The van der Waals surface area contributed by atoms with Crippen molar-refractivity contribution in [1.29, 1.82) is 0 Å². The zero-order valence-electron chi connectivity index (χ0n) is 17.2. The highest BCUT2D eigenvalue weighted by Gasteiger charge is 2.15. The Bertz CT molecular complexity index is 725. The Labute approximate surface area is 182 Å². The molecule has 1 fully saturated rings. The Morgan fingerprint density at radius 1 is 1.17 bits per heavy atom. The van der Waals surface area contributed by atoms with Gasteiger partial charge in [0.15, 0.2) is 0 Å². The molecule has 0 radical (unpaired) electrons. The SMILES string of the molecule is C1CCCCC1.CC1CNc2cc(Br)cnc2C1.NC(=O)OCc1ccccc1. The van der Waals surface area contributed by atoms with Crippen LogP contribution in [-0.2, 0) is 17.8 Å². The van der Waals surface area contributed by atoms with Crippen LogP contribution in [0.2, 0.25) is 0 Å². The van der Waals surface area contributed by atoms with Crippen LogP contribution in [0.25, 0.3) is 0 Å². The van der Waals surface area contributed by atoms with Crippen molar-refractivity contribution >= 4 is 27.7 Å². The first-order valence-corrected chi connectivity index (χ1v) is 11.2. The number of hydrogen-bond acceptors (Lipinski definition) is 4. The smallest absolute Gasteiger partial charge is 0.404 e. The molecule has 1 aromatic heterocycles. The highest BCUT2D eigenvalue weighted by atomic mass is 79.9. The van der Waals surface area contributed by atoms with Crippen LogP contribution in [-0.4, -0.2) is 17.6 Å². The molecule has 1 aliphatic heterocycles. The minimum Gasteiger partial charge on any atom is -0.445 e. The molecule has 1 unspecified atom stereocenters. The number of anilines is 1. The Hall–Kier alpha value is -2.08. The van der Waals surface area contributed by atoms with Gasteiger partial charge in [-0.05, 0) is 39.9 Å². The molecule has 29 heavy (non-hydrogen) atoms. The number of hydrogen-bond donors (Lipinski definition) is 2. The van der Waals surface area contributed by atoms with Gasteiger partial charge in [0.05, 0.1) is 11.4 Å². The molecule has 4 rings (SSSR count). The number of nitrogens with two attached hydrogens (primary N) is 1. The van der Waals surface area contributed by atoms with Crippen molar-refractivity contribution < 1.29 is 9.53 Å². The summed E-state index contributed by atoms with van der Waals surface area (Å²) in [7, 11) is 0. The highest BCUT2D eigenvalue weighted by molar-refractivity contribution is 9.10. The largest absolute Gasteiger partial charge is 0.445 e. The van der Waals surface area contributed by atoms with Crippen LogP contribution in [0.3, 0.4) is 0 Å². The van der Waals surface area contributed by atoms with E-state index in [4.69, 9.17) is 5.73 Å². The van der Waals surface area contributed by atoms with Gasteiger partial charge in [-0.25, -0.2) is 4.79 Å². The van der Waals surface area contributed by atoms with E-state index >= 15 is 0 Å². The average Bonchev–Trinajstić information content (AvgIpc) is 2.75. The Morgan fingerprint density at radius 2 is 1.79 bits per heavy atom. The van der Waals surface area contributed by atoms with Crippen LogP contribution in [0.1, 0.15) is 56.7 Å². The number of primary amides is 1. The number of nitrogens with zero attached hydrogens (tertiary/aromatic N) is 1. The van der Waals surface area contributed by atoms with Crippen molar-refractivity contribution in [1.82, 2.24) is 4.98 Å². The number of halogens is 1. The normalized spacial score (nSPS) is 17.2. The number of ether oxygens (including phenoxy) is 1. The highest BCUT2D eigenvalue weighted by Crippen LogP contribution is 2.25. The van der Waals surface area contributed by atoms with Gasteiger partial charge in [0.1, 0.15) is 6.61 Å². The summed E-state index contributed by atoms with van der Waals surface area (Å²) in [6.07, 6.45) is 11.2. The van der Waals surface area contributed by atoms with Gasteiger partial charge in [-0.15, -0.1) is 0 Å². The monoisotopic (exact) mass is 461 g/mol. The van der Waals surface area contributed by atoms with Crippen LogP contribution in [0.15, 0.2) is 47.1 Å². The molecule has 1 aromatic carbocycles. The van der Waals surface area contributed by atoms with Gasteiger partial charge in [-0.3, -0.25) is 4.98 Å². The molecule has 5 nitrogen and oxygen atoms in total. The molecule has 1 amide bonds. The van der Waals surface area contributed by atoms with Crippen molar-refractivity contribution in [2.45, 2.75) is 58.5 Å².